The number of ketones is 1. The van der Waals surface area contributed by atoms with E-state index in [0.29, 0.717) is 0 Å². The fraction of sp³-hybridized carbons (Fsp3) is 0.700. The lowest BCUT2D eigenvalue weighted by atomic mass is 10.0. The zero-order chi connectivity index (χ0) is 16.1. The van der Waals surface area contributed by atoms with E-state index in [4.69, 9.17) is 28.3 Å². The predicted octanol–water partition coefficient (Wildman–Crippen LogP) is -1.10. The number of Topliss-reactive ketones (excluding diaryl/α,β-unsaturated/α-hetero) is 1. The van der Waals surface area contributed by atoms with Crippen LogP contribution in [0.2, 0.25) is 0 Å². The molecule has 3 N–H and O–H groups in total. The minimum atomic E-state index is -2.72. The summed E-state index contributed by atoms with van der Waals surface area (Å²) in [7, 11) is 0. The summed E-state index contributed by atoms with van der Waals surface area (Å²) < 4.78 is 6.10. The van der Waals surface area contributed by atoms with Gasteiger partial charge in [0.25, 0.3) is 5.78 Å². The minimum absolute atomic E-state index is 0.919. The maximum atomic E-state index is 11.9. The van der Waals surface area contributed by atoms with E-state index in [0.717, 1.165) is 13.8 Å². The molecule has 0 aliphatic heterocycles. The highest BCUT2D eigenvalue weighted by Gasteiger charge is 2.48. The van der Waals surface area contributed by atoms with E-state index in [1.165, 1.54) is 0 Å². The molecule has 3 atom stereocenters. The summed E-state index contributed by atoms with van der Waals surface area (Å²) in [6.07, 6.45) is -5.84. The largest absolute Gasteiger partial charge is 0.451 e. The van der Waals surface area contributed by atoms with Gasteiger partial charge < -0.3 is 24.8 Å². The van der Waals surface area contributed by atoms with Crippen LogP contribution < -0.4 is 0 Å². The van der Waals surface area contributed by atoms with Crippen molar-refractivity contribution < 1.29 is 39.2 Å². The Morgan fingerprint density at radius 3 is 2.00 bits per heavy atom. The molecule has 0 aliphatic rings. The number of hydrogen-bond donors (Lipinski definition) is 3. The van der Waals surface area contributed by atoms with Crippen molar-refractivity contribution in [1.82, 2.24) is 0 Å². The Morgan fingerprint density at radius 1 is 1.15 bits per heavy atom. The molecule has 0 heterocycles. The van der Waals surface area contributed by atoms with Crippen LogP contribution in [0, 0.1) is 0 Å². The molecule has 0 spiro atoms. The Kier molecular flexibility index (Phi) is 7.39. The van der Waals surface area contributed by atoms with Gasteiger partial charge in [-0.25, -0.2) is 0 Å². The number of aliphatic hydroxyl groups excluding tert-OH is 3. The Hall–Kier alpha value is -0.930. The second kappa shape index (κ2) is 7.75. The van der Waals surface area contributed by atoms with Gasteiger partial charge in [0.2, 0.25) is 0 Å². The highest BCUT2D eigenvalue weighted by molar-refractivity contribution is 6.57. The summed E-state index contributed by atoms with van der Waals surface area (Å²) in [5.74, 6) is -3.37. The molecule has 0 fully saturated rings. The van der Waals surface area contributed by atoms with Gasteiger partial charge in [-0.05, 0) is 23.2 Å². The molecule has 0 radical (unpaired) electrons. The van der Waals surface area contributed by atoms with Gasteiger partial charge in [0.15, 0.2) is 6.10 Å². The smallest absolute Gasteiger partial charge is 0.324 e. The van der Waals surface area contributed by atoms with Crippen molar-refractivity contribution in [2.45, 2.75) is 36.7 Å². The van der Waals surface area contributed by atoms with Crippen LogP contribution in [0.1, 0.15) is 13.8 Å². The summed E-state index contributed by atoms with van der Waals surface area (Å²) in [4.78, 5) is 33.6. The summed E-state index contributed by atoms with van der Waals surface area (Å²) in [6.45, 7) is 0.929. The van der Waals surface area contributed by atoms with E-state index in [2.05, 4.69) is 9.47 Å². The molecule has 8 nitrogen and oxygen atoms in total. The van der Waals surface area contributed by atoms with Crippen LogP contribution in [0.5, 0.6) is 0 Å². The Morgan fingerprint density at radius 2 is 1.65 bits per heavy atom. The SMILES string of the molecule is CC(=O)O[C@H](C(=O)C(Cl)(Cl)OC(C)=O)[C@H](O)[C@H](O)CO. The number of alkyl halides is 2. The zero-order valence-corrected chi connectivity index (χ0v) is 12.1. The summed E-state index contributed by atoms with van der Waals surface area (Å²) >= 11 is 11.0. The molecular weight excluding hydrogens is 319 g/mol. The van der Waals surface area contributed by atoms with E-state index >= 15 is 0 Å². The number of ether oxygens (including phenoxy) is 2. The molecule has 116 valence electrons. The molecule has 0 amide bonds. The van der Waals surface area contributed by atoms with Crippen molar-refractivity contribution in [1.29, 1.82) is 0 Å². The van der Waals surface area contributed by atoms with Gasteiger partial charge in [0.05, 0.1) is 6.61 Å². The standard InChI is InChI=1S/C10H14Cl2O8/c1-4(14)19-8(7(17)6(16)3-13)9(18)10(11,12)20-5(2)15/h6-8,13,16-17H,3H2,1-2H3/t6-,7-,8+/m1/s1. The predicted molar refractivity (Wildman–Crippen MR) is 65.9 cm³/mol. The molecule has 0 unspecified atom stereocenters. The van der Waals surface area contributed by atoms with Gasteiger partial charge in [-0.3, -0.25) is 14.4 Å². The first-order chi connectivity index (χ1) is 9.02. The van der Waals surface area contributed by atoms with Crippen LogP contribution in [0.3, 0.4) is 0 Å². The Labute approximate surface area is 124 Å². The van der Waals surface area contributed by atoms with Gasteiger partial charge in [-0.1, -0.05) is 0 Å². The molecule has 0 aromatic carbocycles. The molecule has 0 aromatic heterocycles. The second-order valence-corrected chi connectivity index (χ2v) is 5.00. The average Bonchev–Trinajstić information content (AvgIpc) is 2.31. The number of esters is 2. The molecule has 0 bridgehead atoms. The third-order valence-electron chi connectivity index (χ3n) is 2.00. The van der Waals surface area contributed by atoms with Crippen LogP contribution in [-0.4, -0.2) is 62.5 Å². The quantitative estimate of drug-likeness (QED) is 0.395. The van der Waals surface area contributed by atoms with Crippen molar-refractivity contribution in [2.75, 3.05) is 6.61 Å². The summed E-state index contributed by atoms with van der Waals surface area (Å²) in [6, 6.07) is 0. The van der Waals surface area contributed by atoms with E-state index in [1.54, 1.807) is 0 Å². The van der Waals surface area contributed by atoms with Crippen LogP contribution >= 0.6 is 23.2 Å². The minimum Gasteiger partial charge on any atom is -0.451 e. The third kappa shape index (κ3) is 5.59. The third-order valence-corrected chi connectivity index (χ3v) is 2.53. The van der Waals surface area contributed by atoms with Crippen LogP contribution in [0.15, 0.2) is 0 Å². The van der Waals surface area contributed by atoms with Crippen LogP contribution in [0.25, 0.3) is 0 Å². The molecule has 0 saturated heterocycles. The van der Waals surface area contributed by atoms with Gasteiger partial charge in [-0.2, -0.15) is 0 Å². The van der Waals surface area contributed by atoms with E-state index in [-0.39, 0.29) is 0 Å². The molecule has 10 heteroatoms. The normalized spacial score (nSPS) is 15.9. The van der Waals surface area contributed by atoms with Crippen molar-refractivity contribution in [3.63, 3.8) is 0 Å². The maximum Gasteiger partial charge on any atom is 0.324 e. The maximum absolute atomic E-state index is 11.9. The Balaban J connectivity index is 5.26. The summed E-state index contributed by atoms with van der Waals surface area (Å²) in [5.41, 5.74) is 0. The highest BCUT2D eigenvalue weighted by Crippen LogP contribution is 2.28. The number of halogens is 2. The van der Waals surface area contributed by atoms with Gasteiger partial charge >= 0.3 is 16.5 Å². The highest BCUT2D eigenvalue weighted by atomic mass is 35.5. The molecule has 0 aliphatic carbocycles. The molecular formula is C10H14Cl2O8. The van der Waals surface area contributed by atoms with Crippen molar-refractivity contribution in [3.05, 3.63) is 0 Å². The van der Waals surface area contributed by atoms with Crippen LogP contribution in [0.4, 0.5) is 0 Å². The van der Waals surface area contributed by atoms with Crippen molar-refractivity contribution >= 4 is 40.9 Å². The zero-order valence-electron chi connectivity index (χ0n) is 10.6. The van der Waals surface area contributed by atoms with E-state index < -0.39 is 47.2 Å². The molecule has 0 rings (SSSR count). The summed E-state index contributed by atoms with van der Waals surface area (Å²) in [5, 5.41) is 27.6. The fourth-order valence-electron chi connectivity index (χ4n) is 1.16. The Bertz CT molecular complexity index is 383. The number of rotatable bonds is 7. The lowest BCUT2D eigenvalue weighted by Gasteiger charge is -2.28. The topological polar surface area (TPSA) is 130 Å². The molecule has 20 heavy (non-hydrogen) atoms. The van der Waals surface area contributed by atoms with Crippen LogP contribution in [-0.2, 0) is 23.9 Å². The lowest BCUT2D eigenvalue weighted by molar-refractivity contribution is -0.172. The first kappa shape index (κ1) is 19.1. The molecule has 0 saturated carbocycles. The monoisotopic (exact) mass is 332 g/mol. The lowest BCUT2D eigenvalue weighted by Crippen LogP contribution is -2.52. The van der Waals surface area contributed by atoms with Crippen molar-refractivity contribution in [3.8, 4) is 0 Å². The van der Waals surface area contributed by atoms with Gasteiger partial charge in [0, 0.05) is 13.8 Å². The number of carbonyl (C=O) groups is 3. The van der Waals surface area contributed by atoms with Gasteiger partial charge in [-0.15, -0.1) is 0 Å². The first-order valence-corrected chi connectivity index (χ1v) is 6.04. The van der Waals surface area contributed by atoms with E-state index in [9.17, 15) is 24.6 Å². The number of hydrogen-bond acceptors (Lipinski definition) is 8. The molecule has 0 aromatic rings. The number of carbonyl (C=O) groups excluding carboxylic acids is 3. The second-order valence-electron chi connectivity index (χ2n) is 3.75. The van der Waals surface area contributed by atoms with Gasteiger partial charge in [0.1, 0.15) is 12.2 Å². The van der Waals surface area contributed by atoms with E-state index in [1.807, 2.05) is 0 Å². The fourth-order valence-corrected chi connectivity index (χ4v) is 1.60. The van der Waals surface area contributed by atoms with Crippen molar-refractivity contribution in [2.24, 2.45) is 0 Å². The number of aliphatic hydroxyl groups is 3. The first-order valence-electron chi connectivity index (χ1n) is 5.28. The average molecular weight is 333 g/mol.